The first kappa shape index (κ1) is 14.1. The van der Waals surface area contributed by atoms with E-state index in [1.807, 2.05) is 13.8 Å². The number of aliphatic hydroxyl groups excluding tert-OH is 1. The van der Waals surface area contributed by atoms with Crippen molar-refractivity contribution in [1.29, 1.82) is 0 Å². The summed E-state index contributed by atoms with van der Waals surface area (Å²) in [6, 6.07) is 7.05. The molecule has 1 heterocycles. The molecule has 0 saturated heterocycles. The fourth-order valence-corrected chi connectivity index (χ4v) is 1.90. The summed E-state index contributed by atoms with van der Waals surface area (Å²) in [7, 11) is 0. The largest absolute Gasteiger partial charge is 0.395 e. The van der Waals surface area contributed by atoms with Gasteiger partial charge < -0.3 is 10.0 Å². The SMILES string of the molecule is CC(C)N(CCO)C(=O)c1ccc(-n2cnnn2)cc1. The van der Waals surface area contributed by atoms with Gasteiger partial charge in [0.1, 0.15) is 6.33 Å². The summed E-state index contributed by atoms with van der Waals surface area (Å²) in [5, 5.41) is 19.9. The molecule has 20 heavy (non-hydrogen) atoms. The summed E-state index contributed by atoms with van der Waals surface area (Å²) >= 11 is 0. The smallest absolute Gasteiger partial charge is 0.254 e. The van der Waals surface area contributed by atoms with Gasteiger partial charge in [-0.3, -0.25) is 4.79 Å². The standard InChI is InChI=1S/C13H17N5O2/c1-10(2)17(7-8-19)13(20)11-3-5-12(6-4-11)18-9-14-15-16-18/h3-6,9-10,19H,7-8H2,1-2H3. The molecule has 0 aliphatic rings. The van der Waals surface area contributed by atoms with Crippen molar-refractivity contribution in [2.45, 2.75) is 19.9 Å². The summed E-state index contributed by atoms with van der Waals surface area (Å²) in [6.07, 6.45) is 1.49. The summed E-state index contributed by atoms with van der Waals surface area (Å²) < 4.78 is 1.52. The summed E-state index contributed by atoms with van der Waals surface area (Å²) in [6.45, 7) is 4.11. The van der Waals surface area contributed by atoms with E-state index in [2.05, 4.69) is 15.5 Å². The summed E-state index contributed by atoms with van der Waals surface area (Å²) in [5.41, 5.74) is 1.36. The molecule has 0 spiro atoms. The summed E-state index contributed by atoms with van der Waals surface area (Å²) in [4.78, 5) is 14.0. The van der Waals surface area contributed by atoms with E-state index in [9.17, 15) is 4.79 Å². The number of aliphatic hydroxyl groups is 1. The van der Waals surface area contributed by atoms with Crippen LogP contribution in [0.1, 0.15) is 24.2 Å². The molecule has 0 aliphatic heterocycles. The number of hydrogen-bond donors (Lipinski definition) is 1. The third-order valence-corrected chi connectivity index (χ3v) is 2.95. The van der Waals surface area contributed by atoms with Gasteiger partial charge in [-0.05, 0) is 48.5 Å². The molecule has 0 radical (unpaired) electrons. The van der Waals surface area contributed by atoms with Crippen LogP contribution in [0.3, 0.4) is 0 Å². The minimum Gasteiger partial charge on any atom is -0.395 e. The van der Waals surface area contributed by atoms with Crippen LogP contribution in [0, 0.1) is 0 Å². The lowest BCUT2D eigenvalue weighted by Crippen LogP contribution is -2.38. The van der Waals surface area contributed by atoms with Crippen molar-refractivity contribution in [3.8, 4) is 5.69 Å². The molecule has 7 heteroatoms. The Labute approximate surface area is 116 Å². The minimum atomic E-state index is -0.0997. The highest BCUT2D eigenvalue weighted by Gasteiger charge is 2.18. The predicted molar refractivity (Wildman–Crippen MR) is 72.4 cm³/mol. The molecule has 0 aliphatic carbocycles. The van der Waals surface area contributed by atoms with Crippen LogP contribution in [-0.2, 0) is 0 Å². The highest BCUT2D eigenvalue weighted by molar-refractivity contribution is 5.94. The molecule has 7 nitrogen and oxygen atoms in total. The van der Waals surface area contributed by atoms with Crippen molar-refractivity contribution >= 4 is 5.91 Å². The van der Waals surface area contributed by atoms with Gasteiger partial charge in [-0.2, -0.15) is 0 Å². The number of benzene rings is 1. The lowest BCUT2D eigenvalue weighted by molar-refractivity contribution is 0.0665. The number of carbonyl (C=O) groups excluding carboxylic acids is 1. The Kier molecular flexibility index (Phi) is 4.41. The van der Waals surface area contributed by atoms with Gasteiger partial charge in [-0.15, -0.1) is 5.10 Å². The van der Waals surface area contributed by atoms with E-state index < -0.39 is 0 Å². The Hall–Kier alpha value is -2.28. The molecule has 1 N–H and O–H groups in total. The van der Waals surface area contributed by atoms with Gasteiger partial charge in [0.25, 0.3) is 5.91 Å². The Balaban J connectivity index is 2.18. The molecule has 0 bridgehead atoms. The highest BCUT2D eigenvalue weighted by Crippen LogP contribution is 2.12. The third kappa shape index (κ3) is 3.00. The predicted octanol–water partition coefficient (Wildman–Crippen LogP) is 0.505. The molecule has 1 aromatic heterocycles. The maximum atomic E-state index is 12.3. The van der Waals surface area contributed by atoms with E-state index in [0.717, 1.165) is 5.69 Å². The van der Waals surface area contributed by atoms with Crippen molar-refractivity contribution < 1.29 is 9.90 Å². The van der Waals surface area contributed by atoms with Crippen LogP contribution in [0.15, 0.2) is 30.6 Å². The Morgan fingerprint density at radius 2 is 2.05 bits per heavy atom. The lowest BCUT2D eigenvalue weighted by Gasteiger charge is -2.26. The normalized spacial score (nSPS) is 10.8. The van der Waals surface area contributed by atoms with E-state index in [1.165, 1.54) is 11.0 Å². The van der Waals surface area contributed by atoms with Gasteiger partial charge in [0.2, 0.25) is 0 Å². The molecule has 1 amide bonds. The molecular formula is C13H17N5O2. The van der Waals surface area contributed by atoms with Crippen LogP contribution in [0.5, 0.6) is 0 Å². The van der Waals surface area contributed by atoms with E-state index in [1.54, 1.807) is 29.2 Å². The van der Waals surface area contributed by atoms with Gasteiger partial charge >= 0.3 is 0 Å². The maximum Gasteiger partial charge on any atom is 0.254 e. The van der Waals surface area contributed by atoms with Crippen LogP contribution in [0.2, 0.25) is 0 Å². The Morgan fingerprint density at radius 3 is 2.55 bits per heavy atom. The first-order chi connectivity index (χ1) is 9.63. The van der Waals surface area contributed by atoms with E-state index >= 15 is 0 Å². The van der Waals surface area contributed by atoms with Crippen LogP contribution in [0.4, 0.5) is 0 Å². The summed E-state index contributed by atoms with van der Waals surface area (Å²) in [5.74, 6) is -0.0997. The fraction of sp³-hybridized carbons (Fsp3) is 0.385. The maximum absolute atomic E-state index is 12.3. The van der Waals surface area contributed by atoms with Crippen molar-refractivity contribution in [2.75, 3.05) is 13.2 Å². The first-order valence-electron chi connectivity index (χ1n) is 6.38. The number of carbonyl (C=O) groups is 1. The molecule has 106 valence electrons. The van der Waals surface area contributed by atoms with Crippen molar-refractivity contribution in [1.82, 2.24) is 25.1 Å². The number of tetrazole rings is 1. The van der Waals surface area contributed by atoms with Crippen LogP contribution in [0.25, 0.3) is 5.69 Å². The quantitative estimate of drug-likeness (QED) is 0.859. The monoisotopic (exact) mass is 275 g/mol. The van der Waals surface area contributed by atoms with Gasteiger partial charge in [0.15, 0.2) is 0 Å². The molecule has 0 saturated carbocycles. The van der Waals surface area contributed by atoms with E-state index in [-0.39, 0.29) is 18.6 Å². The second kappa shape index (κ2) is 6.25. The van der Waals surface area contributed by atoms with E-state index in [0.29, 0.717) is 12.1 Å². The fourth-order valence-electron chi connectivity index (χ4n) is 1.90. The molecule has 2 aromatic rings. The average molecular weight is 275 g/mol. The van der Waals surface area contributed by atoms with Crippen LogP contribution in [-0.4, -0.2) is 55.3 Å². The van der Waals surface area contributed by atoms with Gasteiger partial charge in [0.05, 0.1) is 12.3 Å². The number of hydrogen-bond acceptors (Lipinski definition) is 5. The molecular weight excluding hydrogens is 258 g/mol. The average Bonchev–Trinajstić information content (AvgIpc) is 2.98. The molecule has 0 unspecified atom stereocenters. The Morgan fingerprint density at radius 1 is 1.35 bits per heavy atom. The van der Waals surface area contributed by atoms with Crippen molar-refractivity contribution in [3.63, 3.8) is 0 Å². The Bertz CT molecular complexity index is 551. The highest BCUT2D eigenvalue weighted by atomic mass is 16.3. The van der Waals surface area contributed by atoms with Gasteiger partial charge in [0, 0.05) is 18.2 Å². The zero-order valence-electron chi connectivity index (χ0n) is 11.5. The second-order valence-corrected chi connectivity index (χ2v) is 4.62. The van der Waals surface area contributed by atoms with Gasteiger partial charge in [-0.1, -0.05) is 0 Å². The first-order valence-corrected chi connectivity index (χ1v) is 6.38. The minimum absolute atomic E-state index is 0.0360. The topological polar surface area (TPSA) is 84.1 Å². The molecule has 0 atom stereocenters. The number of aromatic nitrogens is 4. The lowest BCUT2D eigenvalue weighted by atomic mass is 10.1. The molecule has 2 rings (SSSR count). The van der Waals surface area contributed by atoms with Gasteiger partial charge in [-0.25, -0.2) is 4.68 Å². The molecule has 0 fully saturated rings. The van der Waals surface area contributed by atoms with E-state index in [4.69, 9.17) is 5.11 Å². The number of nitrogens with zero attached hydrogens (tertiary/aromatic N) is 5. The number of amides is 1. The zero-order chi connectivity index (χ0) is 14.5. The second-order valence-electron chi connectivity index (χ2n) is 4.62. The number of rotatable bonds is 5. The third-order valence-electron chi connectivity index (χ3n) is 2.95. The molecule has 1 aromatic carbocycles. The zero-order valence-corrected chi connectivity index (χ0v) is 11.5. The van der Waals surface area contributed by atoms with Crippen LogP contribution >= 0.6 is 0 Å². The van der Waals surface area contributed by atoms with Crippen molar-refractivity contribution in [3.05, 3.63) is 36.2 Å². The van der Waals surface area contributed by atoms with Crippen molar-refractivity contribution in [2.24, 2.45) is 0 Å². The van der Waals surface area contributed by atoms with Crippen LogP contribution < -0.4 is 0 Å².